The first-order chi connectivity index (χ1) is 4.79. The fourth-order valence-electron chi connectivity index (χ4n) is 0.862. The van der Waals surface area contributed by atoms with E-state index in [0.717, 1.165) is 12.3 Å². The zero-order valence-electron chi connectivity index (χ0n) is 6.09. The van der Waals surface area contributed by atoms with Crippen molar-refractivity contribution in [3.8, 4) is 0 Å². The van der Waals surface area contributed by atoms with Crippen LogP contribution in [0, 0.1) is 11.8 Å². The highest BCUT2D eigenvalue weighted by Crippen LogP contribution is 2.42. The molecule has 0 aromatic rings. The van der Waals surface area contributed by atoms with Crippen molar-refractivity contribution in [2.45, 2.75) is 13.3 Å². The lowest BCUT2D eigenvalue weighted by Gasteiger charge is -1.96. The molecular formula is C8H11O2. The molecule has 0 N–H and O–H groups in total. The van der Waals surface area contributed by atoms with Gasteiger partial charge in [0.1, 0.15) is 0 Å². The van der Waals surface area contributed by atoms with Crippen LogP contribution in [-0.4, -0.2) is 12.6 Å². The maximum Gasteiger partial charge on any atom is 0.313 e. The molecule has 0 heterocycles. The van der Waals surface area contributed by atoms with E-state index < -0.39 is 0 Å². The van der Waals surface area contributed by atoms with Crippen molar-refractivity contribution in [1.82, 2.24) is 0 Å². The van der Waals surface area contributed by atoms with Gasteiger partial charge in [0.2, 0.25) is 0 Å². The first kappa shape index (κ1) is 7.32. The molecule has 0 aliphatic heterocycles. The van der Waals surface area contributed by atoms with Crippen molar-refractivity contribution in [1.29, 1.82) is 0 Å². The average molecular weight is 139 g/mol. The summed E-state index contributed by atoms with van der Waals surface area (Å²) in [4.78, 5) is 10.9. The van der Waals surface area contributed by atoms with Crippen LogP contribution in [0.5, 0.6) is 0 Å². The van der Waals surface area contributed by atoms with Crippen molar-refractivity contribution in [2.75, 3.05) is 6.61 Å². The highest BCUT2D eigenvalue weighted by atomic mass is 16.5. The molecule has 2 nitrogen and oxygen atoms in total. The minimum absolute atomic E-state index is 0.146. The van der Waals surface area contributed by atoms with Gasteiger partial charge in [-0.2, -0.15) is 0 Å². The van der Waals surface area contributed by atoms with Crippen LogP contribution in [0.4, 0.5) is 0 Å². The Bertz CT molecular complexity index is 151. The van der Waals surface area contributed by atoms with Crippen LogP contribution in [-0.2, 0) is 9.53 Å². The van der Waals surface area contributed by atoms with Crippen LogP contribution in [0.1, 0.15) is 13.3 Å². The molecule has 0 amide bonds. The average Bonchev–Trinajstić information content (AvgIpc) is 2.66. The molecule has 1 aliphatic carbocycles. The van der Waals surface area contributed by atoms with E-state index >= 15 is 0 Å². The number of hydrogen-bond acceptors (Lipinski definition) is 2. The zero-order chi connectivity index (χ0) is 7.56. The van der Waals surface area contributed by atoms with Gasteiger partial charge < -0.3 is 4.74 Å². The van der Waals surface area contributed by atoms with Crippen LogP contribution < -0.4 is 0 Å². The van der Waals surface area contributed by atoms with Gasteiger partial charge in [-0.05, 0) is 19.3 Å². The van der Waals surface area contributed by atoms with Crippen LogP contribution >= 0.6 is 0 Å². The quantitative estimate of drug-likeness (QED) is 0.435. The predicted octanol–water partition coefficient (Wildman–Crippen LogP) is 1.33. The van der Waals surface area contributed by atoms with Crippen molar-refractivity contribution < 1.29 is 9.53 Å². The summed E-state index contributed by atoms with van der Waals surface area (Å²) in [6.07, 6.45) is 2.63. The second-order valence-corrected chi connectivity index (χ2v) is 2.29. The van der Waals surface area contributed by atoms with E-state index in [4.69, 9.17) is 4.74 Å². The minimum Gasteiger partial charge on any atom is -0.466 e. The van der Waals surface area contributed by atoms with Crippen molar-refractivity contribution in [3.63, 3.8) is 0 Å². The number of carbonyl (C=O) groups is 1. The Kier molecular flexibility index (Phi) is 2.10. The fourth-order valence-corrected chi connectivity index (χ4v) is 0.862. The van der Waals surface area contributed by atoms with E-state index in [-0.39, 0.29) is 5.97 Å². The summed E-state index contributed by atoms with van der Waals surface area (Å²) in [6, 6.07) is 0. The van der Waals surface area contributed by atoms with Gasteiger partial charge in [0, 0.05) is 0 Å². The number of rotatable bonds is 3. The molecule has 1 unspecified atom stereocenters. The van der Waals surface area contributed by atoms with Crippen LogP contribution in [0.25, 0.3) is 0 Å². The van der Waals surface area contributed by atoms with Crippen LogP contribution in [0.3, 0.4) is 0 Å². The van der Waals surface area contributed by atoms with Crippen LogP contribution in [0.2, 0.25) is 0 Å². The Hall–Kier alpha value is -0.790. The molecule has 1 fully saturated rings. The third-order valence-electron chi connectivity index (χ3n) is 1.55. The second kappa shape index (κ2) is 2.86. The molecular weight excluding hydrogens is 128 g/mol. The summed E-state index contributed by atoms with van der Waals surface area (Å²) in [6.45, 7) is 5.86. The standard InChI is InChI=1S/C8H11O2/c1-3-6-5-7(6)8(9)10-4-2/h3,6H,1,4-5H2,2H3. The molecule has 1 aliphatic rings. The molecule has 1 radical (unpaired) electrons. The first-order valence-corrected chi connectivity index (χ1v) is 3.45. The summed E-state index contributed by atoms with van der Waals surface area (Å²) in [5, 5.41) is 0. The summed E-state index contributed by atoms with van der Waals surface area (Å²) in [7, 11) is 0. The molecule has 2 heteroatoms. The minimum atomic E-state index is -0.146. The lowest BCUT2D eigenvalue weighted by atomic mass is 10.3. The number of hydrogen-bond donors (Lipinski definition) is 0. The van der Waals surface area contributed by atoms with Gasteiger partial charge in [-0.1, -0.05) is 6.08 Å². The molecule has 1 saturated carbocycles. The SMILES string of the molecule is C=CC1C[C]1C(=O)OCC. The van der Waals surface area contributed by atoms with Crippen molar-refractivity contribution in [3.05, 3.63) is 18.6 Å². The molecule has 55 valence electrons. The Balaban J connectivity index is 2.25. The second-order valence-electron chi connectivity index (χ2n) is 2.29. The van der Waals surface area contributed by atoms with E-state index in [9.17, 15) is 4.79 Å². The van der Waals surface area contributed by atoms with Gasteiger partial charge in [0.05, 0.1) is 12.5 Å². The lowest BCUT2D eigenvalue weighted by molar-refractivity contribution is -0.139. The summed E-state index contributed by atoms with van der Waals surface area (Å²) >= 11 is 0. The number of esters is 1. The van der Waals surface area contributed by atoms with E-state index in [1.54, 1.807) is 6.08 Å². The number of carbonyl (C=O) groups excluding carboxylic acids is 1. The van der Waals surface area contributed by atoms with Gasteiger partial charge in [-0.25, -0.2) is 0 Å². The molecule has 1 rings (SSSR count). The Labute approximate surface area is 60.9 Å². The Morgan fingerprint density at radius 2 is 2.70 bits per heavy atom. The molecule has 0 aromatic carbocycles. The molecule has 0 bridgehead atoms. The fraction of sp³-hybridized carbons (Fsp3) is 0.500. The molecule has 10 heavy (non-hydrogen) atoms. The highest BCUT2D eigenvalue weighted by Gasteiger charge is 2.42. The number of allylic oxidation sites excluding steroid dienone is 1. The molecule has 1 atom stereocenters. The summed E-state index contributed by atoms with van der Waals surface area (Å²) < 4.78 is 4.77. The predicted molar refractivity (Wildman–Crippen MR) is 38.2 cm³/mol. The third kappa shape index (κ3) is 1.38. The van der Waals surface area contributed by atoms with E-state index in [2.05, 4.69) is 6.58 Å². The van der Waals surface area contributed by atoms with E-state index in [1.165, 1.54) is 0 Å². The first-order valence-electron chi connectivity index (χ1n) is 3.45. The molecule has 0 saturated heterocycles. The topological polar surface area (TPSA) is 26.3 Å². The lowest BCUT2D eigenvalue weighted by Crippen LogP contribution is -2.05. The zero-order valence-corrected chi connectivity index (χ0v) is 6.09. The summed E-state index contributed by atoms with van der Waals surface area (Å²) in [5.41, 5.74) is 0. The largest absolute Gasteiger partial charge is 0.466 e. The van der Waals surface area contributed by atoms with Crippen molar-refractivity contribution in [2.24, 2.45) is 5.92 Å². The van der Waals surface area contributed by atoms with E-state index in [1.807, 2.05) is 6.92 Å². The highest BCUT2D eigenvalue weighted by molar-refractivity contribution is 5.89. The maximum atomic E-state index is 10.9. The van der Waals surface area contributed by atoms with E-state index in [0.29, 0.717) is 12.5 Å². The molecule has 0 spiro atoms. The van der Waals surface area contributed by atoms with Gasteiger partial charge in [0.25, 0.3) is 0 Å². The van der Waals surface area contributed by atoms with Gasteiger partial charge in [0.15, 0.2) is 0 Å². The Morgan fingerprint density at radius 1 is 2.00 bits per heavy atom. The maximum absolute atomic E-state index is 10.9. The van der Waals surface area contributed by atoms with Gasteiger partial charge in [-0.15, -0.1) is 6.58 Å². The van der Waals surface area contributed by atoms with Gasteiger partial charge in [-0.3, -0.25) is 4.79 Å². The Morgan fingerprint density at radius 3 is 3.10 bits per heavy atom. The summed E-state index contributed by atoms with van der Waals surface area (Å²) in [5.74, 6) is 1.03. The molecule has 0 aromatic heterocycles. The monoisotopic (exact) mass is 139 g/mol. The normalized spacial score (nSPS) is 23.9. The third-order valence-corrected chi connectivity index (χ3v) is 1.55. The van der Waals surface area contributed by atoms with Gasteiger partial charge >= 0.3 is 5.97 Å². The van der Waals surface area contributed by atoms with Crippen molar-refractivity contribution >= 4 is 5.97 Å². The number of ether oxygens (including phenoxy) is 1. The smallest absolute Gasteiger partial charge is 0.313 e. The van der Waals surface area contributed by atoms with Crippen LogP contribution in [0.15, 0.2) is 12.7 Å².